The summed E-state index contributed by atoms with van der Waals surface area (Å²) in [6, 6.07) is 2.99. The van der Waals surface area contributed by atoms with E-state index in [2.05, 4.69) is 5.32 Å². The van der Waals surface area contributed by atoms with Crippen molar-refractivity contribution in [3.63, 3.8) is 0 Å². The molecule has 0 fully saturated rings. The van der Waals surface area contributed by atoms with E-state index in [9.17, 15) is 13.2 Å². The van der Waals surface area contributed by atoms with Crippen LogP contribution in [0.15, 0.2) is 17.0 Å². The minimum atomic E-state index is -3.78. The van der Waals surface area contributed by atoms with Crippen LogP contribution in [0.5, 0.6) is 5.75 Å². The number of aryl methyl sites for hydroxylation is 2. The average Bonchev–Trinajstić information content (AvgIpc) is 2.28. The average molecular weight is 306 g/mol. The zero-order valence-corrected chi connectivity index (χ0v) is 12.6. The lowest BCUT2D eigenvalue weighted by molar-refractivity contribution is -0.122. The molecule has 106 valence electrons. The number of halogens is 1. The predicted octanol–water partition coefficient (Wildman–Crippen LogP) is 1.75. The van der Waals surface area contributed by atoms with Crippen molar-refractivity contribution in [3.8, 4) is 5.75 Å². The van der Waals surface area contributed by atoms with Gasteiger partial charge in [0.05, 0.1) is 4.90 Å². The van der Waals surface area contributed by atoms with Gasteiger partial charge in [-0.1, -0.05) is 0 Å². The minimum absolute atomic E-state index is 0.0528. The first kappa shape index (κ1) is 15.8. The lowest BCUT2D eigenvalue weighted by atomic mass is 10.1. The molecular formula is C12H16ClNO4S. The van der Waals surface area contributed by atoms with Gasteiger partial charge in [-0.3, -0.25) is 4.79 Å². The topological polar surface area (TPSA) is 72.5 Å². The maximum atomic E-state index is 11.3. The number of ether oxygens (including phenoxy) is 1. The number of carbonyl (C=O) groups excluding carboxylic acids is 1. The van der Waals surface area contributed by atoms with Gasteiger partial charge in [-0.25, -0.2) is 8.42 Å². The minimum Gasteiger partial charge on any atom is -0.483 e. The second-order valence-electron chi connectivity index (χ2n) is 4.06. The largest absolute Gasteiger partial charge is 0.483 e. The van der Waals surface area contributed by atoms with Crippen molar-refractivity contribution >= 4 is 25.6 Å². The molecule has 0 spiro atoms. The molecule has 0 aliphatic rings. The summed E-state index contributed by atoms with van der Waals surface area (Å²) in [5, 5.41) is 2.60. The lowest BCUT2D eigenvalue weighted by Gasteiger charge is -2.11. The summed E-state index contributed by atoms with van der Waals surface area (Å²) in [6.07, 6.45) is 0. The second kappa shape index (κ2) is 6.25. The molecule has 7 heteroatoms. The molecular weight excluding hydrogens is 290 g/mol. The van der Waals surface area contributed by atoms with Crippen LogP contribution in [-0.4, -0.2) is 27.5 Å². The van der Waals surface area contributed by atoms with E-state index in [1.54, 1.807) is 19.9 Å². The summed E-state index contributed by atoms with van der Waals surface area (Å²) >= 11 is 0. The number of benzene rings is 1. The number of rotatable bonds is 5. The molecule has 0 saturated heterocycles. The van der Waals surface area contributed by atoms with Gasteiger partial charge in [-0.15, -0.1) is 0 Å². The van der Waals surface area contributed by atoms with Crippen LogP contribution in [0.4, 0.5) is 0 Å². The highest BCUT2D eigenvalue weighted by Crippen LogP contribution is 2.27. The Hall–Kier alpha value is -1.27. The van der Waals surface area contributed by atoms with Gasteiger partial charge < -0.3 is 10.1 Å². The predicted molar refractivity (Wildman–Crippen MR) is 73.1 cm³/mol. The number of carbonyl (C=O) groups is 1. The Morgan fingerprint density at radius 3 is 2.47 bits per heavy atom. The van der Waals surface area contributed by atoms with Crippen LogP contribution < -0.4 is 10.1 Å². The Labute approximate surface area is 117 Å². The van der Waals surface area contributed by atoms with E-state index in [4.69, 9.17) is 15.4 Å². The van der Waals surface area contributed by atoms with E-state index in [1.165, 1.54) is 6.07 Å². The third-order valence-electron chi connectivity index (χ3n) is 2.47. The third-order valence-corrected chi connectivity index (χ3v) is 3.93. The summed E-state index contributed by atoms with van der Waals surface area (Å²) in [5.74, 6) is 0.237. The van der Waals surface area contributed by atoms with Crippen molar-refractivity contribution in [3.05, 3.63) is 23.3 Å². The van der Waals surface area contributed by atoms with Crippen LogP contribution in [0.2, 0.25) is 0 Å². The molecule has 1 N–H and O–H groups in total. The summed E-state index contributed by atoms with van der Waals surface area (Å²) in [6.45, 7) is 5.55. The first-order chi connectivity index (χ1) is 8.75. The van der Waals surface area contributed by atoms with Crippen molar-refractivity contribution in [1.29, 1.82) is 0 Å². The van der Waals surface area contributed by atoms with Crippen molar-refractivity contribution in [2.45, 2.75) is 25.7 Å². The summed E-state index contributed by atoms with van der Waals surface area (Å²) in [7, 11) is 1.55. The number of amides is 1. The first-order valence-electron chi connectivity index (χ1n) is 5.71. The van der Waals surface area contributed by atoms with Crippen LogP contribution >= 0.6 is 10.7 Å². The molecule has 1 amide bonds. The van der Waals surface area contributed by atoms with Gasteiger partial charge in [0.15, 0.2) is 6.61 Å². The molecule has 1 rings (SSSR count). The highest BCUT2D eigenvalue weighted by atomic mass is 35.7. The number of hydrogen-bond donors (Lipinski definition) is 1. The molecule has 0 bridgehead atoms. The molecule has 0 aliphatic heterocycles. The molecule has 5 nitrogen and oxygen atoms in total. The molecule has 0 atom stereocenters. The van der Waals surface area contributed by atoms with E-state index in [0.29, 0.717) is 23.4 Å². The smallest absolute Gasteiger partial charge is 0.261 e. The molecule has 19 heavy (non-hydrogen) atoms. The quantitative estimate of drug-likeness (QED) is 0.841. The third kappa shape index (κ3) is 4.40. The van der Waals surface area contributed by atoms with Crippen LogP contribution in [0.1, 0.15) is 18.1 Å². The molecule has 0 heterocycles. The fourth-order valence-electron chi connectivity index (χ4n) is 1.57. The molecule has 0 aromatic heterocycles. The van der Waals surface area contributed by atoms with Gasteiger partial charge in [-0.05, 0) is 44.0 Å². The SMILES string of the molecule is CCNC(=O)COc1cc(C)c(S(=O)(=O)Cl)cc1C. The van der Waals surface area contributed by atoms with Crippen LogP contribution in [-0.2, 0) is 13.8 Å². The highest BCUT2D eigenvalue weighted by molar-refractivity contribution is 8.13. The van der Waals surface area contributed by atoms with E-state index in [1.807, 2.05) is 6.92 Å². The van der Waals surface area contributed by atoms with Gasteiger partial charge in [0.25, 0.3) is 15.0 Å². The normalized spacial score (nSPS) is 11.2. The Bertz CT molecular complexity index is 584. The molecule has 0 aliphatic carbocycles. The summed E-state index contributed by atoms with van der Waals surface area (Å²) in [4.78, 5) is 11.3. The number of likely N-dealkylation sites (N-methyl/N-ethyl adjacent to an activating group) is 1. The second-order valence-corrected chi connectivity index (χ2v) is 6.60. The van der Waals surface area contributed by atoms with Crippen molar-refractivity contribution in [2.24, 2.45) is 0 Å². The van der Waals surface area contributed by atoms with Gasteiger partial charge in [0.1, 0.15) is 5.75 Å². The molecule has 0 radical (unpaired) electrons. The standard InChI is InChI=1S/C12H16ClNO4S/c1-4-14-12(15)7-18-10-5-9(3)11(6-8(10)2)19(13,16)17/h5-6H,4,7H2,1-3H3,(H,14,15). The van der Waals surface area contributed by atoms with Gasteiger partial charge in [-0.2, -0.15) is 0 Å². The maximum absolute atomic E-state index is 11.3. The van der Waals surface area contributed by atoms with Crippen molar-refractivity contribution < 1.29 is 17.9 Å². The van der Waals surface area contributed by atoms with Crippen molar-refractivity contribution in [1.82, 2.24) is 5.32 Å². The number of nitrogens with one attached hydrogen (secondary N) is 1. The fourth-order valence-corrected chi connectivity index (χ4v) is 2.83. The van der Waals surface area contributed by atoms with Gasteiger partial charge in [0.2, 0.25) is 0 Å². The maximum Gasteiger partial charge on any atom is 0.261 e. The first-order valence-corrected chi connectivity index (χ1v) is 8.02. The molecule has 0 unspecified atom stereocenters. The number of hydrogen-bond acceptors (Lipinski definition) is 4. The van der Waals surface area contributed by atoms with Crippen LogP contribution in [0, 0.1) is 13.8 Å². The molecule has 1 aromatic carbocycles. The Morgan fingerprint density at radius 1 is 1.32 bits per heavy atom. The zero-order chi connectivity index (χ0) is 14.6. The summed E-state index contributed by atoms with van der Waals surface area (Å²) < 4.78 is 28.0. The van der Waals surface area contributed by atoms with Crippen LogP contribution in [0.3, 0.4) is 0 Å². The zero-order valence-electron chi connectivity index (χ0n) is 11.0. The van der Waals surface area contributed by atoms with E-state index in [0.717, 1.165) is 0 Å². The van der Waals surface area contributed by atoms with Crippen molar-refractivity contribution in [2.75, 3.05) is 13.2 Å². The Morgan fingerprint density at radius 2 is 1.95 bits per heavy atom. The summed E-state index contributed by atoms with van der Waals surface area (Å²) in [5.41, 5.74) is 1.08. The van der Waals surface area contributed by atoms with E-state index in [-0.39, 0.29) is 17.4 Å². The highest BCUT2D eigenvalue weighted by Gasteiger charge is 2.16. The Balaban J connectivity index is 2.94. The van der Waals surface area contributed by atoms with E-state index >= 15 is 0 Å². The lowest BCUT2D eigenvalue weighted by Crippen LogP contribution is -2.28. The van der Waals surface area contributed by atoms with Gasteiger partial charge in [0, 0.05) is 17.2 Å². The van der Waals surface area contributed by atoms with E-state index < -0.39 is 9.05 Å². The Kier molecular flexibility index (Phi) is 5.20. The molecule has 1 aromatic rings. The van der Waals surface area contributed by atoms with Gasteiger partial charge >= 0.3 is 0 Å². The monoisotopic (exact) mass is 305 g/mol. The fraction of sp³-hybridized carbons (Fsp3) is 0.417. The molecule has 0 saturated carbocycles. The van der Waals surface area contributed by atoms with Crippen LogP contribution in [0.25, 0.3) is 0 Å².